The summed E-state index contributed by atoms with van der Waals surface area (Å²) >= 11 is 0. The molecule has 0 aliphatic rings. The quantitative estimate of drug-likeness (QED) is 0.502. The standard InChI is InChI=1S/C18H38O/c1-15(2)9-7-10-17(5)11-8-13-18(6,19)14-12-16(3)4/h15-17,19H,7-14H2,1-6H3. The molecule has 1 nitrogen and oxygen atoms in total. The second-order valence-electron chi connectivity index (χ2n) is 7.75. The zero-order valence-electron chi connectivity index (χ0n) is 14.3. The third-order valence-electron chi connectivity index (χ3n) is 4.15. The number of hydrogen-bond acceptors (Lipinski definition) is 1. The van der Waals surface area contributed by atoms with Gasteiger partial charge in [-0.1, -0.05) is 66.7 Å². The Kier molecular flexibility index (Phi) is 9.78. The lowest BCUT2D eigenvalue weighted by molar-refractivity contribution is 0.0331. The second kappa shape index (κ2) is 9.80. The van der Waals surface area contributed by atoms with Crippen molar-refractivity contribution in [3.8, 4) is 0 Å². The molecule has 116 valence electrons. The van der Waals surface area contributed by atoms with E-state index in [2.05, 4.69) is 34.6 Å². The van der Waals surface area contributed by atoms with Crippen LogP contribution >= 0.6 is 0 Å². The molecule has 0 saturated carbocycles. The molecular weight excluding hydrogens is 232 g/mol. The highest BCUT2D eigenvalue weighted by Gasteiger charge is 2.20. The lowest BCUT2D eigenvalue weighted by atomic mass is 9.88. The van der Waals surface area contributed by atoms with Gasteiger partial charge in [0.05, 0.1) is 5.60 Å². The van der Waals surface area contributed by atoms with E-state index in [1.165, 1.54) is 32.1 Å². The highest BCUT2D eigenvalue weighted by Crippen LogP contribution is 2.25. The Bertz CT molecular complexity index is 206. The SMILES string of the molecule is CC(C)CCCC(C)CCCC(C)(O)CCC(C)C. The monoisotopic (exact) mass is 270 g/mol. The summed E-state index contributed by atoms with van der Waals surface area (Å²) in [4.78, 5) is 0. The van der Waals surface area contributed by atoms with Crippen LogP contribution in [0.5, 0.6) is 0 Å². The molecule has 0 spiro atoms. The Labute approximate surface area is 122 Å². The molecule has 0 fully saturated rings. The van der Waals surface area contributed by atoms with Gasteiger partial charge in [-0.15, -0.1) is 0 Å². The van der Waals surface area contributed by atoms with Gasteiger partial charge in [-0.3, -0.25) is 0 Å². The second-order valence-corrected chi connectivity index (χ2v) is 7.75. The third kappa shape index (κ3) is 12.7. The van der Waals surface area contributed by atoms with E-state index >= 15 is 0 Å². The minimum absolute atomic E-state index is 0.443. The number of aliphatic hydroxyl groups is 1. The van der Waals surface area contributed by atoms with E-state index in [0.29, 0.717) is 5.92 Å². The van der Waals surface area contributed by atoms with Crippen LogP contribution in [-0.4, -0.2) is 10.7 Å². The van der Waals surface area contributed by atoms with Crippen molar-refractivity contribution in [3.05, 3.63) is 0 Å². The molecule has 1 N–H and O–H groups in total. The first kappa shape index (κ1) is 19.0. The maximum atomic E-state index is 10.3. The van der Waals surface area contributed by atoms with Crippen molar-refractivity contribution in [2.24, 2.45) is 17.8 Å². The van der Waals surface area contributed by atoms with Gasteiger partial charge in [0, 0.05) is 0 Å². The van der Waals surface area contributed by atoms with E-state index in [9.17, 15) is 5.11 Å². The summed E-state index contributed by atoms with van der Waals surface area (Å²) in [6, 6.07) is 0. The molecular formula is C18H38O. The smallest absolute Gasteiger partial charge is 0.0619 e. The summed E-state index contributed by atoms with van der Waals surface area (Å²) in [7, 11) is 0. The molecule has 0 amide bonds. The van der Waals surface area contributed by atoms with Gasteiger partial charge in [-0.2, -0.15) is 0 Å². The van der Waals surface area contributed by atoms with Crippen molar-refractivity contribution in [1.82, 2.24) is 0 Å². The van der Waals surface area contributed by atoms with Gasteiger partial charge in [0.2, 0.25) is 0 Å². The van der Waals surface area contributed by atoms with E-state index in [1.54, 1.807) is 0 Å². The van der Waals surface area contributed by atoms with Crippen LogP contribution in [-0.2, 0) is 0 Å². The highest BCUT2D eigenvalue weighted by molar-refractivity contribution is 4.73. The molecule has 0 aromatic heterocycles. The van der Waals surface area contributed by atoms with Crippen LogP contribution in [0.4, 0.5) is 0 Å². The van der Waals surface area contributed by atoms with Gasteiger partial charge >= 0.3 is 0 Å². The average Bonchev–Trinajstić information content (AvgIpc) is 2.26. The molecule has 19 heavy (non-hydrogen) atoms. The fraction of sp³-hybridized carbons (Fsp3) is 1.00. The summed E-state index contributed by atoms with van der Waals surface area (Å²) < 4.78 is 0. The van der Waals surface area contributed by atoms with Crippen molar-refractivity contribution in [3.63, 3.8) is 0 Å². The molecule has 2 atom stereocenters. The number of hydrogen-bond donors (Lipinski definition) is 1. The molecule has 0 aromatic carbocycles. The van der Waals surface area contributed by atoms with E-state index in [0.717, 1.165) is 31.1 Å². The van der Waals surface area contributed by atoms with Crippen LogP contribution in [0.25, 0.3) is 0 Å². The molecule has 0 aliphatic heterocycles. The van der Waals surface area contributed by atoms with Gasteiger partial charge in [-0.25, -0.2) is 0 Å². The van der Waals surface area contributed by atoms with Gasteiger partial charge < -0.3 is 5.11 Å². The maximum Gasteiger partial charge on any atom is 0.0619 e. The summed E-state index contributed by atoms with van der Waals surface area (Å²) in [5.74, 6) is 2.35. The first-order valence-electron chi connectivity index (χ1n) is 8.45. The molecule has 0 rings (SSSR count). The first-order valence-corrected chi connectivity index (χ1v) is 8.45. The molecule has 0 aromatic rings. The van der Waals surface area contributed by atoms with Crippen molar-refractivity contribution in [1.29, 1.82) is 0 Å². The average molecular weight is 271 g/mol. The van der Waals surface area contributed by atoms with E-state index in [-0.39, 0.29) is 0 Å². The van der Waals surface area contributed by atoms with Gasteiger partial charge in [-0.05, 0) is 43.9 Å². The van der Waals surface area contributed by atoms with E-state index in [1.807, 2.05) is 6.92 Å². The molecule has 0 aliphatic carbocycles. The molecule has 2 unspecified atom stereocenters. The molecule has 1 heteroatoms. The number of rotatable bonds is 11. The molecule has 0 radical (unpaired) electrons. The van der Waals surface area contributed by atoms with E-state index < -0.39 is 5.60 Å². The van der Waals surface area contributed by atoms with Crippen LogP contribution in [0.3, 0.4) is 0 Å². The fourth-order valence-electron chi connectivity index (χ4n) is 2.57. The lowest BCUT2D eigenvalue weighted by Gasteiger charge is -2.25. The normalized spacial score (nSPS) is 16.9. The Balaban J connectivity index is 3.64. The predicted octanol–water partition coefficient (Wildman–Crippen LogP) is 5.81. The molecule has 0 heterocycles. The minimum Gasteiger partial charge on any atom is -0.390 e. The van der Waals surface area contributed by atoms with Crippen molar-refractivity contribution in [2.75, 3.05) is 0 Å². The van der Waals surface area contributed by atoms with Gasteiger partial charge in [0.25, 0.3) is 0 Å². The van der Waals surface area contributed by atoms with Crippen molar-refractivity contribution >= 4 is 0 Å². The Morgan fingerprint density at radius 1 is 0.737 bits per heavy atom. The zero-order valence-corrected chi connectivity index (χ0v) is 14.3. The third-order valence-corrected chi connectivity index (χ3v) is 4.15. The van der Waals surface area contributed by atoms with Crippen LogP contribution in [0.15, 0.2) is 0 Å². The van der Waals surface area contributed by atoms with Crippen LogP contribution in [0.2, 0.25) is 0 Å². The highest BCUT2D eigenvalue weighted by atomic mass is 16.3. The van der Waals surface area contributed by atoms with Crippen molar-refractivity contribution in [2.45, 2.75) is 98.5 Å². The summed E-state index contributed by atoms with van der Waals surface area (Å²) in [6.07, 6.45) is 9.58. The summed E-state index contributed by atoms with van der Waals surface area (Å²) in [6.45, 7) is 13.4. The van der Waals surface area contributed by atoms with Crippen LogP contribution in [0.1, 0.15) is 92.9 Å². The van der Waals surface area contributed by atoms with Crippen LogP contribution < -0.4 is 0 Å². The summed E-state index contributed by atoms with van der Waals surface area (Å²) in [5.41, 5.74) is -0.443. The Morgan fingerprint density at radius 2 is 1.26 bits per heavy atom. The van der Waals surface area contributed by atoms with Gasteiger partial charge in [0.15, 0.2) is 0 Å². The Hall–Kier alpha value is -0.0400. The molecule has 0 saturated heterocycles. The van der Waals surface area contributed by atoms with Crippen LogP contribution in [0, 0.1) is 17.8 Å². The molecule has 0 bridgehead atoms. The van der Waals surface area contributed by atoms with Crippen molar-refractivity contribution < 1.29 is 5.11 Å². The topological polar surface area (TPSA) is 20.2 Å². The summed E-state index contributed by atoms with van der Waals surface area (Å²) in [5, 5.41) is 10.3. The zero-order chi connectivity index (χ0) is 14.9. The fourth-order valence-corrected chi connectivity index (χ4v) is 2.57. The minimum atomic E-state index is -0.443. The maximum absolute atomic E-state index is 10.3. The van der Waals surface area contributed by atoms with E-state index in [4.69, 9.17) is 0 Å². The predicted molar refractivity (Wildman–Crippen MR) is 86.4 cm³/mol. The lowest BCUT2D eigenvalue weighted by Crippen LogP contribution is -2.24. The van der Waals surface area contributed by atoms with Gasteiger partial charge in [0.1, 0.15) is 0 Å². The first-order chi connectivity index (χ1) is 8.73. The largest absolute Gasteiger partial charge is 0.390 e. The Morgan fingerprint density at radius 3 is 1.79 bits per heavy atom.